The fourth-order valence-electron chi connectivity index (χ4n) is 3.18. The van der Waals surface area contributed by atoms with Crippen LogP contribution in [0.2, 0.25) is 0 Å². The number of carbonyl (C=O) groups is 1. The Hall–Kier alpha value is -2.55. The van der Waals surface area contributed by atoms with Crippen LogP contribution in [-0.4, -0.2) is 63.8 Å². The predicted octanol–water partition coefficient (Wildman–Crippen LogP) is 2.47. The van der Waals surface area contributed by atoms with E-state index < -0.39 is 6.10 Å². The van der Waals surface area contributed by atoms with Crippen LogP contribution in [0.3, 0.4) is 0 Å². The Balaban J connectivity index is 1.72. The van der Waals surface area contributed by atoms with Crippen molar-refractivity contribution >= 4 is 33.3 Å². The van der Waals surface area contributed by atoms with Gasteiger partial charge in [0.2, 0.25) is 0 Å². The van der Waals surface area contributed by atoms with Gasteiger partial charge in [0.1, 0.15) is 17.0 Å². The largest absolute Gasteiger partial charge is 0.394 e. The molecule has 0 saturated heterocycles. The van der Waals surface area contributed by atoms with Crippen molar-refractivity contribution in [2.24, 2.45) is 0 Å². The molecule has 7 nitrogen and oxygen atoms in total. The third-order valence-electron chi connectivity index (χ3n) is 4.74. The highest BCUT2D eigenvalue weighted by molar-refractivity contribution is 7.20. The third-order valence-corrected chi connectivity index (χ3v) is 5.93. The van der Waals surface area contributed by atoms with Gasteiger partial charge in [-0.05, 0) is 30.9 Å². The number of aliphatic hydroxyl groups is 2. The molecule has 0 fully saturated rings. The van der Waals surface area contributed by atoms with Crippen molar-refractivity contribution in [3.63, 3.8) is 0 Å². The van der Waals surface area contributed by atoms with Crippen molar-refractivity contribution in [3.05, 3.63) is 52.7 Å². The Morgan fingerprint density at radius 2 is 2.03 bits per heavy atom. The minimum atomic E-state index is -0.958. The van der Waals surface area contributed by atoms with Gasteiger partial charge in [0.05, 0.1) is 23.0 Å². The van der Waals surface area contributed by atoms with Crippen molar-refractivity contribution in [1.29, 1.82) is 0 Å². The summed E-state index contributed by atoms with van der Waals surface area (Å²) in [6.45, 7) is 2.34. The minimum Gasteiger partial charge on any atom is -0.394 e. The molecule has 1 atom stereocenters. The normalized spacial score (nSPS) is 12.1. The van der Waals surface area contributed by atoms with E-state index in [1.54, 1.807) is 7.05 Å². The molecule has 0 spiro atoms. The molecule has 0 bridgehead atoms. The standard InChI is InChI=1S/C21H26N4O3S/c1-14-17-19(22-10-6-9-15-7-4-3-5-8-15)23-13-24-20(17)29-18(14)21(28)25(2)11-16(27)12-26/h3-5,7-8,13,16,26-27H,6,9-12H2,1-2H3,(H,22,23,24)/t16-/m1/s1. The molecule has 0 unspecified atom stereocenters. The van der Waals surface area contributed by atoms with Crippen molar-refractivity contribution in [3.8, 4) is 0 Å². The fraction of sp³-hybridized carbons (Fsp3) is 0.381. The average Bonchev–Trinajstić information content (AvgIpc) is 3.08. The number of nitrogens with zero attached hydrogens (tertiary/aromatic N) is 3. The highest BCUT2D eigenvalue weighted by Crippen LogP contribution is 2.33. The topological polar surface area (TPSA) is 98.6 Å². The number of thiophene rings is 1. The second-order valence-corrected chi connectivity index (χ2v) is 8.00. The lowest BCUT2D eigenvalue weighted by molar-refractivity contribution is 0.0523. The van der Waals surface area contributed by atoms with E-state index in [0.717, 1.165) is 41.0 Å². The fourth-order valence-corrected chi connectivity index (χ4v) is 4.33. The first-order valence-corrected chi connectivity index (χ1v) is 10.4. The number of aliphatic hydroxyl groups excluding tert-OH is 2. The summed E-state index contributed by atoms with van der Waals surface area (Å²) in [5.41, 5.74) is 2.13. The van der Waals surface area contributed by atoms with E-state index in [2.05, 4.69) is 27.4 Å². The maximum atomic E-state index is 12.8. The number of hydrogen-bond acceptors (Lipinski definition) is 7. The van der Waals surface area contributed by atoms with Crippen LogP contribution in [0.5, 0.6) is 0 Å². The van der Waals surface area contributed by atoms with Gasteiger partial charge < -0.3 is 20.4 Å². The van der Waals surface area contributed by atoms with Crippen LogP contribution >= 0.6 is 11.3 Å². The molecule has 3 aromatic rings. The van der Waals surface area contributed by atoms with Crippen LogP contribution in [-0.2, 0) is 6.42 Å². The number of fused-ring (bicyclic) bond motifs is 1. The van der Waals surface area contributed by atoms with Crippen LogP contribution in [0.1, 0.15) is 27.2 Å². The van der Waals surface area contributed by atoms with Gasteiger partial charge in [0.15, 0.2) is 0 Å². The Morgan fingerprint density at radius 1 is 1.28 bits per heavy atom. The number of benzene rings is 1. The summed E-state index contributed by atoms with van der Waals surface area (Å²) in [5.74, 6) is 0.530. The summed E-state index contributed by atoms with van der Waals surface area (Å²) in [6.07, 6.45) is 2.49. The molecule has 3 N–H and O–H groups in total. The lowest BCUT2D eigenvalue weighted by Gasteiger charge is -2.19. The van der Waals surface area contributed by atoms with Crippen molar-refractivity contribution in [2.45, 2.75) is 25.9 Å². The monoisotopic (exact) mass is 414 g/mol. The number of anilines is 1. The Morgan fingerprint density at radius 3 is 2.76 bits per heavy atom. The molecule has 2 heterocycles. The summed E-state index contributed by atoms with van der Waals surface area (Å²) in [4.78, 5) is 24.2. The molecule has 154 valence electrons. The van der Waals surface area contributed by atoms with Gasteiger partial charge >= 0.3 is 0 Å². The zero-order valence-corrected chi connectivity index (χ0v) is 17.4. The van der Waals surface area contributed by atoms with Gasteiger partial charge in [-0.2, -0.15) is 0 Å². The highest BCUT2D eigenvalue weighted by atomic mass is 32.1. The second-order valence-electron chi connectivity index (χ2n) is 7.00. The molecule has 1 amide bonds. The van der Waals surface area contributed by atoms with E-state index in [1.165, 1.54) is 28.1 Å². The number of amides is 1. The Labute approximate surface area is 174 Å². The quantitative estimate of drug-likeness (QED) is 0.465. The summed E-state index contributed by atoms with van der Waals surface area (Å²) in [6, 6.07) is 10.3. The SMILES string of the molecule is Cc1c(C(=O)N(C)C[C@@H](O)CO)sc2ncnc(NCCCc3ccccc3)c12. The first kappa shape index (κ1) is 21.2. The van der Waals surface area contributed by atoms with Gasteiger partial charge in [0, 0.05) is 20.1 Å². The minimum absolute atomic E-state index is 0.0687. The molecule has 0 radical (unpaired) electrons. The highest BCUT2D eigenvalue weighted by Gasteiger charge is 2.23. The molecule has 2 aromatic heterocycles. The van der Waals surface area contributed by atoms with Gasteiger partial charge in [-0.3, -0.25) is 4.79 Å². The number of rotatable bonds is 9. The van der Waals surface area contributed by atoms with Gasteiger partial charge in [-0.1, -0.05) is 30.3 Å². The summed E-state index contributed by atoms with van der Waals surface area (Å²) < 4.78 is 0. The molecular weight excluding hydrogens is 388 g/mol. The smallest absolute Gasteiger partial charge is 0.264 e. The Bertz CT molecular complexity index is 961. The van der Waals surface area contributed by atoms with Gasteiger partial charge in [0.25, 0.3) is 5.91 Å². The lowest BCUT2D eigenvalue weighted by Crippen LogP contribution is -2.35. The molecule has 0 aliphatic rings. The van der Waals surface area contributed by atoms with E-state index in [9.17, 15) is 9.90 Å². The zero-order chi connectivity index (χ0) is 20.8. The molecule has 8 heteroatoms. The van der Waals surface area contributed by atoms with Gasteiger partial charge in [-0.25, -0.2) is 9.97 Å². The van der Waals surface area contributed by atoms with Crippen LogP contribution in [0, 0.1) is 6.92 Å². The third kappa shape index (κ3) is 5.09. The summed E-state index contributed by atoms with van der Waals surface area (Å²) in [7, 11) is 1.61. The van der Waals surface area contributed by atoms with Crippen molar-refractivity contribution < 1.29 is 15.0 Å². The molecule has 3 rings (SSSR count). The summed E-state index contributed by atoms with van der Waals surface area (Å²) >= 11 is 1.32. The van der Waals surface area contributed by atoms with E-state index in [0.29, 0.717) is 4.88 Å². The lowest BCUT2D eigenvalue weighted by atomic mass is 10.1. The first-order chi connectivity index (χ1) is 14.0. The number of hydrogen-bond donors (Lipinski definition) is 3. The van der Waals surface area contributed by atoms with E-state index in [4.69, 9.17) is 5.11 Å². The second kappa shape index (κ2) is 9.78. The molecular formula is C21H26N4O3S. The van der Waals surface area contributed by atoms with Crippen molar-refractivity contribution in [1.82, 2.24) is 14.9 Å². The molecule has 1 aromatic carbocycles. The van der Waals surface area contributed by atoms with E-state index in [-0.39, 0.29) is 19.1 Å². The number of nitrogens with one attached hydrogen (secondary N) is 1. The average molecular weight is 415 g/mol. The summed E-state index contributed by atoms with van der Waals surface area (Å²) in [5, 5.41) is 22.8. The number of likely N-dealkylation sites (N-methyl/N-ethyl adjacent to an activating group) is 1. The van der Waals surface area contributed by atoms with Crippen LogP contribution < -0.4 is 5.32 Å². The maximum absolute atomic E-state index is 12.8. The predicted molar refractivity (Wildman–Crippen MR) is 115 cm³/mol. The van der Waals surface area contributed by atoms with Crippen LogP contribution in [0.25, 0.3) is 10.2 Å². The van der Waals surface area contributed by atoms with Crippen LogP contribution in [0.4, 0.5) is 5.82 Å². The number of aryl methyl sites for hydroxylation is 2. The molecule has 0 saturated carbocycles. The van der Waals surface area contributed by atoms with Crippen LogP contribution in [0.15, 0.2) is 36.7 Å². The Kier molecular flexibility index (Phi) is 7.13. The first-order valence-electron chi connectivity index (χ1n) is 9.57. The van der Waals surface area contributed by atoms with E-state index >= 15 is 0 Å². The maximum Gasteiger partial charge on any atom is 0.264 e. The van der Waals surface area contributed by atoms with Crippen molar-refractivity contribution in [2.75, 3.05) is 32.1 Å². The molecule has 0 aliphatic carbocycles. The molecule has 29 heavy (non-hydrogen) atoms. The van der Waals surface area contributed by atoms with E-state index in [1.807, 2.05) is 25.1 Å². The molecule has 0 aliphatic heterocycles. The zero-order valence-electron chi connectivity index (χ0n) is 16.6. The number of carbonyl (C=O) groups excluding carboxylic acids is 1. The number of aromatic nitrogens is 2. The van der Waals surface area contributed by atoms with Gasteiger partial charge in [-0.15, -0.1) is 11.3 Å².